The van der Waals surface area contributed by atoms with E-state index in [0.717, 1.165) is 5.56 Å². The number of rotatable bonds is 7. The molecule has 146 valence electrons. The first-order chi connectivity index (χ1) is 13.6. The largest absolute Gasteiger partial charge is 0.497 e. The molecule has 1 heterocycles. The molecule has 2 aromatic rings. The minimum atomic E-state index is -0.609. The van der Waals surface area contributed by atoms with Crippen LogP contribution < -0.4 is 20.1 Å². The molecule has 1 atom stereocenters. The van der Waals surface area contributed by atoms with Crippen LogP contribution in [-0.4, -0.2) is 32.3 Å². The SMILES string of the molecule is COc1ccc([C@H]2NC(=O)NC(C)=C2C(=O)OCCOc2ccccc2)cc1. The van der Waals surface area contributed by atoms with E-state index in [4.69, 9.17) is 14.2 Å². The molecule has 7 heteroatoms. The van der Waals surface area contributed by atoms with Crippen molar-refractivity contribution in [3.63, 3.8) is 0 Å². The molecule has 7 nitrogen and oxygen atoms in total. The van der Waals surface area contributed by atoms with E-state index in [0.29, 0.717) is 22.8 Å². The minimum Gasteiger partial charge on any atom is -0.497 e. The highest BCUT2D eigenvalue weighted by Crippen LogP contribution is 2.28. The van der Waals surface area contributed by atoms with Crippen molar-refractivity contribution in [2.45, 2.75) is 13.0 Å². The number of urea groups is 1. The summed E-state index contributed by atoms with van der Waals surface area (Å²) in [7, 11) is 1.58. The van der Waals surface area contributed by atoms with Crippen molar-refractivity contribution in [3.05, 3.63) is 71.4 Å². The Hall–Kier alpha value is -3.48. The third kappa shape index (κ3) is 4.62. The van der Waals surface area contributed by atoms with Gasteiger partial charge in [-0.1, -0.05) is 30.3 Å². The van der Waals surface area contributed by atoms with Gasteiger partial charge in [-0.05, 0) is 36.8 Å². The van der Waals surface area contributed by atoms with Gasteiger partial charge in [0, 0.05) is 5.70 Å². The molecule has 0 saturated heterocycles. The highest BCUT2D eigenvalue weighted by Gasteiger charge is 2.32. The summed E-state index contributed by atoms with van der Waals surface area (Å²) in [5.41, 5.74) is 1.56. The quantitative estimate of drug-likeness (QED) is 0.568. The van der Waals surface area contributed by atoms with Crippen molar-refractivity contribution in [3.8, 4) is 11.5 Å². The fourth-order valence-corrected chi connectivity index (χ4v) is 2.90. The van der Waals surface area contributed by atoms with Crippen LogP contribution >= 0.6 is 0 Å². The van der Waals surface area contributed by atoms with E-state index in [9.17, 15) is 9.59 Å². The molecule has 0 aromatic heterocycles. The monoisotopic (exact) mass is 382 g/mol. The number of nitrogens with one attached hydrogen (secondary N) is 2. The van der Waals surface area contributed by atoms with Gasteiger partial charge in [0.05, 0.1) is 18.7 Å². The number of ether oxygens (including phenoxy) is 3. The van der Waals surface area contributed by atoms with Gasteiger partial charge in [0.2, 0.25) is 0 Å². The summed E-state index contributed by atoms with van der Waals surface area (Å²) in [5.74, 6) is 0.881. The average molecular weight is 382 g/mol. The lowest BCUT2D eigenvalue weighted by molar-refractivity contribution is -0.140. The molecule has 2 N–H and O–H groups in total. The van der Waals surface area contributed by atoms with E-state index >= 15 is 0 Å². The van der Waals surface area contributed by atoms with Crippen molar-refractivity contribution in [1.29, 1.82) is 0 Å². The van der Waals surface area contributed by atoms with Gasteiger partial charge in [-0.25, -0.2) is 9.59 Å². The van der Waals surface area contributed by atoms with Gasteiger partial charge in [-0.15, -0.1) is 0 Å². The maximum atomic E-state index is 12.7. The smallest absolute Gasteiger partial charge is 0.338 e. The number of carbonyl (C=O) groups excluding carboxylic acids is 2. The number of carbonyl (C=O) groups is 2. The van der Waals surface area contributed by atoms with E-state index in [2.05, 4.69) is 10.6 Å². The molecule has 2 aromatic carbocycles. The lowest BCUT2D eigenvalue weighted by Gasteiger charge is -2.28. The van der Waals surface area contributed by atoms with Gasteiger partial charge in [-0.2, -0.15) is 0 Å². The topological polar surface area (TPSA) is 85.9 Å². The lowest BCUT2D eigenvalue weighted by atomic mass is 9.95. The number of amides is 2. The number of allylic oxidation sites excluding steroid dienone is 1. The second-order valence-electron chi connectivity index (χ2n) is 6.14. The van der Waals surface area contributed by atoms with E-state index < -0.39 is 12.0 Å². The third-order valence-electron chi connectivity index (χ3n) is 4.27. The number of benzene rings is 2. The van der Waals surface area contributed by atoms with Gasteiger partial charge in [-0.3, -0.25) is 0 Å². The minimum absolute atomic E-state index is 0.0911. The zero-order valence-corrected chi connectivity index (χ0v) is 15.7. The van der Waals surface area contributed by atoms with Crippen LogP contribution in [0.15, 0.2) is 65.9 Å². The number of para-hydroxylation sites is 1. The molecule has 0 bridgehead atoms. The van der Waals surface area contributed by atoms with Gasteiger partial charge in [0.15, 0.2) is 0 Å². The molecular weight excluding hydrogens is 360 g/mol. The molecular formula is C21H22N2O5. The molecule has 0 unspecified atom stereocenters. The van der Waals surface area contributed by atoms with E-state index in [-0.39, 0.29) is 19.2 Å². The zero-order chi connectivity index (χ0) is 19.9. The van der Waals surface area contributed by atoms with Crippen LogP contribution in [0.4, 0.5) is 4.79 Å². The van der Waals surface area contributed by atoms with Crippen LogP contribution in [-0.2, 0) is 9.53 Å². The number of hydrogen-bond donors (Lipinski definition) is 2. The van der Waals surface area contributed by atoms with Crippen molar-refractivity contribution < 1.29 is 23.8 Å². The highest BCUT2D eigenvalue weighted by atomic mass is 16.6. The Balaban J connectivity index is 1.67. The van der Waals surface area contributed by atoms with Crippen LogP contribution in [0, 0.1) is 0 Å². The molecule has 0 spiro atoms. The van der Waals surface area contributed by atoms with Crippen LogP contribution in [0.25, 0.3) is 0 Å². The average Bonchev–Trinajstić information content (AvgIpc) is 2.71. The van der Waals surface area contributed by atoms with Crippen molar-refractivity contribution in [1.82, 2.24) is 10.6 Å². The number of esters is 1. The molecule has 1 aliphatic rings. The van der Waals surface area contributed by atoms with Crippen molar-refractivity contribution in [2.75, 3.05) is 20.3 Å². The normalized spacial score (nSPS) is 16.1. The summed E-state index contributed by atoms with van der Waals surface area (Å²) in [5, 5.41) is 5.39. The standard InChI is InChI=1S/C21H22N2O5/c1-14-18(20(24)28-13-12-27-17-6-4-3-5-7-17)19(23-21(25)22-14)15-8-10-16(26-2)11-9-15/h3-11,19H,12-13H2,1-2H3,(H2,22,23,25)/t19-/m1/s1. The Morgan fingerprint density at radius 3 is 2.39 bits per heavy atom. The highest BCUT2D eigenvalue weighted by molar-refractivity contribution is 5.95. The van der Waals surface area contributed by atoms with Crippen LogP contribution in [0.5, 0.6) is 11.5 Å². The number of hydrogen-bond acceptors (Lipinski definition) is 5. The van der Waals surface area contributed by atoms with Crippen LogP contribution in [0.3, 0.4) is 0 Å². The van der Waals surface area contributed by atoms with Gasteiger partial charge < -0.3 is 24.8 Å². The summed E-state index contributed by atoms with van der Waals surface area (Å²) in [4.78, 5) is 24.6. The van der Waals surface area contributed by atoms with Gasteiger partial charge in [0.25, 0.3) is 0 Å². The second kappa shape index (κ2) is 8.94. The van der Waals surface area contributed by atoms with E-state index in [1.165, 1.54) is 0 Å². The van der Waals surface area contributed by atoms with E-state index in [1.807, 2.05) is 30.3 Å². The lowest BCUT2D eigenvalue weighted by Crippen LogP contribution is -2.45. The van der Waals surface area contributed by atoms with E-state index in [1.54, 1.807) is 38.3 Å². The Bertz CT molecular complexity index is 862. The first-order valence-corrected chi connectivity index (χ1v) is 8.85. The Kier molecular flexibility index (Phi) is 6.16. The maximum Gasteiger partial charge on any atom is 0.338 e. The molecule has 28 heavy (non-hydrogen) atoms. The molecule has 0 radical (unpaired) electrons. The zero-order valence-electron chi connectivity index (χ0n) is 15.7. The molecule has 0 fully saturated rings. The summed E-state index contributed by atoms with van der Waals surface area (Å²) < 4.78 is 16.1. The fourth-order valence-electron chi connectivity index (χ4n) is 2.90. The third-order valence-corrected chi connectivity index (χ3v) is 4.27. The summed E-state index contributed by atoms with van der Waals surface area (Å²) in [6, 6.07) is 15.4. The Labute approximate surface area is 163 Å². The number of methoxy groups -OCH3 is 1. The van der Waals surface area contributed by atoms with Crippen molar-refractivity contribution >= 4 is 12.0 Å². The molecule has 0 aliphatic carbocycles. The maximum absolute atomic E-state index is 12.7. The first-order valence-electron chi connectivity index (χ1n) is 8.85. The first kappa shape index (κ1) is 19.3. The summed E-state index contributed by atoms with van der Waals surface area (Å²) in [6.07, 6.45) is 0. The molecule has 3 rings (SSSR count). The summed E-state index contributed by atoms with van der Waals surface area (Å²) in [6.45, 7) is 2.00. The Morgan fingerprint density at radius 1 is 1.00 bits per heavy atom. The van der Waals surface area contributed by atoms with Crippen LogP contribution in [0.1, 0.15) is 18.5 Å². The second-order valence-corrected chi connectivity index (χ2v) is 6.14. The molecule has 2 amide bonds. The van der Waals surface area contributed by atoms with Crippen LogP contribution in [0.2, 0.25) is 0 Å². The predicted octanol–water partition coefficient (Wildman–Crippen LogP) is 2.95. The molecule has 0 saturated carbocycles. The molecule has 1 aliphatic heterocycles. The fraction of sp³-hybridized carbons (Fsp3) is 0.238. The van der Waals surface area contributed by atoms with Gasteiger partial charge in [0.1, 0.15) is 24.7 Å². The predicted molar refractivity (Wildman–Crippen MR) is 103 cm³/mol. The van der Waals surface area contributed by atoms with Crippen molar-refractivity contribution in [2.24, 2.45) is 0 Å². The summed E-state index contributed by atoms with van der Waals surface area (Å²) >= 11 is 0. The van der Waals surface area contributed by atoms with Gasteiger partial charge >= 0.3 is 12.0 Å². The Morgan fingerprint density at radius 2 is 1.71 bits per heavy atom.